The Labute approximate surface area is 154 Å². The number of hydrogen-bond acceptors (Lipinski definition) is 5. The lowest BCUT2D eigenvalue weighted by atomic mass is 10.2. The molecule has 1 aromatic heterocycles. The van der Waals surface area contributed by atoms with E-state index in [4.69, 9.17) is 0 Å². The first-order valence-electron chi connectivity index (χ1n) is 8.31. The lowest BCUT2D eigenvalue weighted by Crippen LogP contribution is -2.23. The van der Waals surface area contributed by atoms with E-state index in [2.05, 4.69) is 15.5 Å². The van der Waals surface area contributed by atoms with Gasteiger partial charge in [-0.05, 0) is 30.7 Å². The molecule has 130 valence electrons. The lowest BCUT2D eigenvalue weighted by Gasteiger charge is -2.15. The number of nitrogens with zero attached hydrogens (tertiary/aromatic N) is 3. The fraction of sp³-hybridized carbons (Fsp3) is 0.158. The van der Waals surface area contributed by atoms with Crippen LogP contribution in [0.3, 0.4) is 0 Å². The molecule has 2 aromatic carbocycles. The molecular weight excluding hydrogens is 348 g/mol. The molecule has 1 fully saturated rings. The average Bonchev–Trinajstić information content (AvgIpc) is 3.32. The fourth-order valence-corrected chi connectivity index (χ4v) is 3.60. The third-order valence-corrected chi connectivity index (χ3v) is 5.07. The van der Waals surface area contributed by atoms with Gasteiger partial charge in [-0.1, -0.05) is 41.7 Å². The van der Waals surface area contributed by atoms with Gasteiger partial charge in [0.25, 0.3) is 5.91 Å². The minimum atomic E-state index is -0.250. The van der Waals surface area contributed by atoms with Crippen molar-refractivity contribution in [1.82, 2.24) is 10.2 Å². The van der Waals surface area contributed by atoms with Gasteiger partial charge in [0.1, 0.15) is 5.01 Å². The van der Waals surface area contributed by atoms with Crippen LogP contribution >= 0.6 is 11.3 Å². The number of carbonyl (C=O) groups excluding carboxylic acids is 2. The third kappa shape index (κ3) is 3.34. The molecule has 2 amide bonds. The quantitative estimate of drug-likeness (QED) is 0.768. The first-order chi connectivity index (χ1) is 12.7. The van der Waals surface area contributed by atoms with Gasteiger partial charge in [-0.25, -0.2) is 0 Å². The standard InChI is InChI=1S/C19H16N4O2S/c24-16-7-4-12-23(16)15-10-8-13(9-11-15)17(25)20-19-22-21-18(26-19)14-5-2-1-3-6-14/h1-3,5-6,8-11H,4,7,12H2,(H,20,22,25). The molecule has 0 atom stereocenters. The van der Waals surface area contributed by atoms with E-state index in [9.17, 15) is 9.59 Å². The van der Waals surface area contributed by atoms with Crippen LogP contribution in [-0.2, 0) is 4.79 Å². The fourth-order valence-electron chi connectivity index (χ4n) is 2.85. The summed E-state index contributed by atoms with van der Waals surface area (Å²) in [5.74, 6) is -0.121. The maximum Gasteiger partial charge on any atom is 0.257 e. The van der Waals surface area contributed by atoms with E-state index >= 15 is 0 Å². The molecule has 0 aliphatic carbocycles. The zero-order valence-electron chi connectivity index (χ0n) is 13.9. The molecular formula is C19H16N4O2S. The molecule has 4 rings (SSSR count). The van der Waals surface area contributed by atoms with Crippen LogP contribution in [0.15, 0.2) is 54.6 Å². The van der Waals surface area contributed by atoms with Gasteiger partial charge in [0.15, 0.2) is 0 Å². The number of rotatable bonds is 4. The number of carbonyl (C=O) groups is 2. The van der Waals surface area contributed by atoms with Crippen molar-refractivity contribution < 1.29 is 9.59 Å². The van der Waals surface area contributed by atoms with Crippen molar-refractivity contribution in [1.29, 1.82) is 0 Å². The smallest absolute Gasteiger partial charge is 0.257 e. The second-order valence-corrected chi connectivity index (χ2v) is 6.91. The summed E-state index contributed by atoms with van der Waals surface area (Å²) in [7, 11) is 0. The Morgan fingerprint density at radius 1 is 1.04 bits per heavy atom. The van der Waals surface area contributed by atoms with Crippen LogP contribution in [0.2, 0.25) is 0 Å². The highest BCUT2D eigenvalue weighted by Crippen LogP contribution is 2.26. The second-order valence-electron chi connectivity index (χ2n) is 5.93. The minimum absolute atomic E-state index is 0.129. The molecule has 7 heteroatoms. The predicted molar refractivity (Wildman–Crippen MR) is 101 cm³/mol. The minimum Gasteiger partial charge on any atom is -0.312 e. The number of benzene rings is 2. The van der Waals surface area contributed by atoms with Crippen LogP contribution < -0.4 is 10.2 Å². The van der Waals surface area contributed by atoms with Gasteiger partial charge in [-0.15, -0.1) is 10.2 Å². The Hall–Kier alpha value is -3.06. The summed E-state index contributed by atoms with van der Waals surface area (Å²) in [6, 6.07) is 16.7. The number of amides is 2. The Kier molecular flexibility index (Phi) is 4.45. The first-order valence-corrected chi connectivity index (χ1v) is 9.13. The van der Waals surface area contributed by atoms with Gasteiger partial charge in [0.2, 0.25) is 11.0 Å². The molecule has 0 saturated carbocycles. The van der Waals surface area contributed by atoms with Crippen molar-refractivity contribution in [3.63, 3.8) is 0 Å². The topological polar surface area (TPSA) is 75.2 Å². The SMILES string of the molecule is O=C(Nc1nnc(-c2ccccc2)s1)c1ccc(N2CCCC2=O)cc1. The van der Waals surface area contributed by atoms with Crippen LogP contribution in [0.5, 0.6) is 0 Å². The summed E-state index contributed by atoms with van der Waals surface area (Å²) in [5.41, 5.74) is 2.30. The van der Waals surface area contributed by atoms with Gasteiger partial charge >= 0.3 is 0 Å². The highest BCUT2D eigenvalue weighted by atomic mass is 32.1. The average molecular weight is 364 g/mol. The summed E-state index contributed by atoms with van der Waals surface area (Å²) < 4.78 is 0. The first kappa shape index (κ1) is 16.4. The summed E-state index contributed by atoms with van der Waals surface area (Å²) in [6.07, 6.45) is 1.46. The van der Waals surface area contributed by atoms with Gasteiger partial charge in [-0.2, -0.15) is 0 Å². The number of anilines is 2. The largest absolute Gasteiger partial charge is 0.312 e. The summed E-state index contributed by atoms with van der Waals surface area (Å²) in [6.45, 7) is 0.734. The highest BCUT2D eigenvalue weighted by Gasteiger charge is 2.21. The van der Waals surface area contributed by atoms with Crippen LogP contribution in [0.25, 0.3) is 10.6 Å². The molecule has 1 N–H and O–H groups in total. The molecule has 26 heavy (non-hydrogen) atoms. The lowest BCUT2D eigenvalue weighted by molar-refractivity contribution is -0.117. The maximum absolute atomic E-state index is 12.4. The van der Waals surface area contributed by atoms with Crippen LogP contribution in [0.4, 0.5) is 10.8 Å². The number of hydrogen-bond donors (Lipinski definition) is 1. The molecule has 1 saturated heterocycles. The molecule has 2 heterocycles. The Morgan fingerprint density at radius 2 is 1.81 bits per heavy atom. The second kappa shape index (κ2) is 7.05. The molecule has 6 nitrogen and oxygen atoms in total. The number of nitrogens with one attached hydrogen (secondary N) is 1. The summed E-state index contributed by atoms with van der Waals surface area (Å²) in [5, 5.41) is 12.1. The molecule has 1 aliphatic heterocycles. The molecule has 0 radical (unpaired) electrons. The third-order valence-electron chi connectivity index (χ3n) is 4.18. The molecule has 3 aromatic rings. The summed E-state index contributed by atoms with van der Waals surface area (Å²) >= 11 is 1.33. The Morgan fingerprint density at radius 3 is 2.50 bits per heavy atom. The normalized spacial score (nSPS) is 13.8. The van der Waals surface area contributed by atoms with Crippen molar-refractivity contribution in [3.05, 3.63) is 60.2 Å². The maximum atomic E-state index is 12.4. The van der Waals surface area contributed by atoms with Gasteiger partial charge in [0.05, 0.1) is 0 Å². The highest BCUT2D eigenvalue weighted by molar-refractivity contribution is 7.18. The van der Waals surface area contributed by atoms with Crippen molar-refractivity contribution in [2.24, 2.45) is 0 Å². The Bertz CT molecular complexity index is 938. The summed E-state index contributed by atoms with van der Waals surface area (Å²) in [4.78, 5) is 25.9. The van der Waals surface area contributed by atoms with Gasteiger partial charge < -0.3 is 4.90 Å². The Balaban J connectivity index is 1.45. The van der Waals surface area contributed by atoms with Crippen molar-refractivity contribution in [2.75, 3.05) is 16.8 Å². The van der Waals surface area contributed by atoms with Crippen molar-refractivity contribution >= 4 is 34.0 Å². The molecule has 0 bridgehead atoms. The van der Waals surface area contributed by atoms with E-state index in [1.54, 1.807) is 29.2 Å². The van der Waals surface area contributed by atoms with Crippen LogP contribution in [-0.4, -0.2) is 28.6 Å². The number of aromatic nitrogens is 2. The zero-order chi connectivity index (χ0) is 17.9. The van der Waals surface area contributed by atoms with E-state index in [-0.39, 0.29) is 11.8 Å². The van der Waals surface area contributed by atoms with E-state index in [0.717, 1.165) is 29.2 Å². The van der Waals surface area contributed by atoms with E-state index < -0.39 is 0 Å². The van der Waals surface area contributed by atoms with E-state index in [0.29, 0.717) is 17.1 Å². The monoisotopic (exact) mass is 364 g/mol. The van der Waals surface area contributed by atoms with Crippen LogP contribution in [0.1, 0.15) is 23.2 Å². The molecule has 0 unspecified atom stereocenters. The molecule has 1 aliphatic rings. The van der Waals surface area contributed by atoms with Gasteiger partial charge in [0, 0.05) is 29.8 Å². The molecule has 0 spiro atoms. The van der Waals surface area contributed by atoms with Crippen LogP contribution in [0, 0.1) is 0 Å². The van der Waals surface area contributed by atoms with Gasteiger partial charge in [-0.3, -0.25) is 14.9 Å². The van der Waals surface area contributed by atoms with E-state index in [1.807, 2.05) is 30.3 Å². The van der Waals surface area contributed by atoms with Crippen molar-refractivity contribution in [3.8, 4) is 10.6 Å². The zero-order valence-corrected chi connectivity index (χ0v) is 14.7. The predicted octanol–water partition coefficient (Wildman–Crippen LogP) is 3.58. The van der Waals surface area contributed by atoms with Crippen molar-refractivity contribution in [2.45, 2.75) is 12.8 Å². The van der Waals surface area contributed by atoms with E-state index in [1.165, 1.54) is 11.3 Å².